The second kappa shape index (κ2) is 15.2. The Morgan fingerprint density at radius 2 is 1.47 bits per heavy atom. The maximum absolute atomic E-state index is 10.2. The summed E-state index contributed by atoms with van der Waals surface area (Å²) in [6, 6.07) is 0. The van der Waals surface area contributed by atoms with Gasteiger partial charge in [0.2, 0.25) is 0 Å². The molecule has 0 rings (SSSR count). The third-order valence-corrected chi connectivity index (χ3v) is 2.67. The Balaban J connectivity index is 0. The summed E-state index contributed by atoms with van der Waals surface area (Å²) in [5.74, 6) is -0.708. The van der Waals surface area contributed by atoms with Crippen LogP contribution in [0.15, 0.2) is 12.2 Å². The summed E-state index contributed by atoms with van der Waals surface area (Å²) >= 11 is 0. The molecule has 0 fully saturated rings. The first-order valence-electron chi connectivity index (χ1n) is 6.64. The lowest BCUT2D eigenvalue weighted by atomic mass is 10.1. The second-order valence-corrected chi connectivity index (χ2v) is 4.31. The van der Waals surface area contributed by atoms with Crippen molar-refractivity contribution in [1.29, 1.82) is 0 Å². The number of carboxylic acid groups (broad SMARTS) is 1. The smallest absolute Gasteiger partial charge is 0.303 e. The largest absolute Gasteiger partial charge is 0.481 e. The van der Waals surface area contributed by atoms with Crippen LogP contribution < -0.4 is 6.15 Å². The summed E-state index contributed by atoms with van der Waals surface area (Å²) in [7, 11) is 0. The topological polar surface area (TPSA) is 72.3 Å². The van der Waals surface area contributed by atoms with E-state index in [0.29, 0.717) is 6.42 Å². The van der Waals surface area contributed by atoms with Crippen LogP contribution in [0.4, 0.5) is 0 Å². The zero-order valence-corrected chi connectivity index (χ0v) is 11.3. The molecule has 0 amide bonds. The molecule has 0 aromatic carbocycles. The van der Waals surface area contributed by atoms with Crippen LogP contribution in [0.25, 0.3) is 0 Å². The maximum atomic E-state index is 10.2. The first-order chi connectivity index (χ1) is 7.77. The van der Waals surface area contributed by atoms with Gasteiger partial charge in [-0.1, -0.05) is 57.6 Å². The van der Waals surface area contributed by atoms with E-state index in [4.69, 9.17) is 5.11 Å². The van der Waals surface area contributed by atoms with Gasteiger partial charge in [0.15, 0.2) is 0 Å². The molecular formula is C14H29NO2. The van der Waals surface area contributed by atoms with Gasteiger partial charge in [-0.2, -0.15) is 0 Å². The average Bonchev–Trinajstić information content (AvgIpc) is 2.25. The molecule has 0 unspecified atom stereocenters. The molecule has 17 heavy (non-hydrogen) atoms. The molecule has 3 heteroatoms. The minimum Gasteiger partial charge on any atom is -0.481 e. The van der Waals surface area contributed by atoms with Crippen molar-refractivity contribution >= 4 is 5.97 Å². The molecule has 0 aliphatic heterocycles. The van der Waals surface area contributed by atoms with Crippen LogP contribution in [-0.2, 0) is 4.79 Å². The van der Waals surface area contributed by atoms with E-state index < -0.39 is 5.97 Å². The lowest BCUT2D eigenvalue weighted by Gasteiger charge is -1.98. The summed E-state index contributed by atoms with van der Waals surface area (Å²) in [6.07, 6.45) is 15.5. The van der Waals surface area contributed by atoms with Crippen molar-refractivity contribution in [3.63, 3.8) is 0 Å². The highest BCUT2D eigenvalue weighted by atomic mass is 16.4. The summed E-state index contributed by atoms with van der Waals surface area (Å²) in [5, 5.41) is 8.42. The lowest BCUT2D eigenvalue weighted by molar-refractivity contribution is -0.136. The zero-order valence-electron chi connectivity index (χ0n) is 11.3. The van der Waals surface area contributed by atoms with Gasteiger partial charge in [0.05, 0.1) is 0 Å². The normalized spacial score (nSPS) is 10.4. The van der Waals surface area contributed by atoms with Gasteiger partial charge >= 0.3 is 5.97 Å². The molecule has 4 N–H and O–H groups in total. The van der Waals surface area contributed by atoms with Gasteiger partial charge in [0, 0.05) is 6.42 Å². The summed E-state index contributed by atoms with van der Waals surface area (Å²) in [4.78, 5) is 10.2. The Kier molecular flexibility index (Phi) is 16.5. The molecule has 102 valence electrons. The fourth-order valence-electron chi connectivity index (χ4n) is 1.66. The number of carboxylic acids is 1. The number of carbonyl (C=O) groups is 1. The van der Waals surface area contributed by atoms with E-state index in [2.05, 4.69) is 13.0 Å². The van der Waals surface area contributed by atoms with Crippen molar-refractivity contribution in [2.24, 2.45) is 0 Å². The standard InChI is InChI=1S/C14H26O2.H3N/c1-2-3-4-5-6-7-8-9-10-11-12-13-14(15)16;/h10-11H,2-9,12-13H2,1H3,(H,15,16);1H3. The molecule has 0 aliphatic rings. The molecule has 0 spiro atoms. The van der Waals surface area contributed by atoms with Gasteiger partial charge in [0.25, 0.3) is 0 Å². The Labute approximate surface area is 106 Å². The molecular weight excluding hydrogens is 214 g/mol. The highest BCUT2D eigenvalue weighted by Gasteiger charge is 1.92. The van der Waals surface area contributed by atoms with Gasteiger partial charge < -0.3 is 11.3 Å². The van der Waals surface area contributed by atoms with Crippen LogP contribution in [0.2, 0.25) is 0 Å². The van der Waals surface area contributed by atoms with Crippen LogP contribution in [-0.4, -0.2) is 11.1 Å². The van der Waals surface area contributed by atoms with Gasteiger partial charge in [0.1, 0.15) is 0 Å². The van der Waals surface area contributed by atoms with E-state index >= 15 is 0 Å². The molecule has 0 aromatic rings. The Morgan fingerprint density at radius 3 is 2.06 bits per heavy atom. The SMILES string of the molecule is CCCCCCCCCC=CCCC(=O)O.N. The number of hydrogen-bond donors (Lipinski definition) is 2. The average molecular weight is 243 g/mol. The number of unbranched alkanes of at least 4 members (excludes halogenated alkanes) is 7. The van der Waals surface area contributed by atoms with Gasteiger partial charge in [-0.25, -0.2) is 0 Å². The predicted octanol–water partition coefficient (Wildman–Crippen LogP) is 4.71. The van der Waals surface area contributed by atoms with E-state index in [-0.39, 0.29) is 12.6 Å². The van der Waals surface area contributed by atoms with Gasteiger partial charge in [-0.05, 0) is 19.3 Å². The van der Waals surface area contributed by atoms with Gasteiger partial charge in [-0.15, -0.1) is 0 Å². The minimum atomic E-state index is -0.708. The monoisotopic (exact) mass is 243 g/mol. The molecule has 0 heterocycles. The van der Waals surface area contributed by atoms with Crippen LogP contribution in [0, 0.1) is 0 Å². The summed E-state index contributed by atoms with van der Waals surface area (Å²) < 4.78 is 0. The Morgan fingerprint density at radius 1 is 0.941 bits per heavy atom. The van der Waals surface area contributed by atoms with E-state index in [1.807, 2.05) is 6.08 Å². The van der Waals surface area contributed by atoms with Crippen molar-refractivity contribution in [1.82, 2.24) is 6.15 Å². The van der Waals surface area contributed by atoms with E-state index in [9.17, 15) is 4.79 Å². The zero-order chi connectivity index (χ0) is 12.1. The molecule has 0 saturated heterocycles. The van der Waals surface area contributed by atoms with Crippen LogP contribution in [0.3, 0.4) is 0 Å². The molecule has 0 bridgehead atoms. The summed E-state index contributed by atoms with van der Waals surface area (Å²) in [6.45, 7) is 2.24. The van der Waals surface area contributed by atoms with Crippen molar-refractivity contribution in [2.45, 2.75) is 71.1 Å². The van der Waals surface area contributed by atoms with Crippen molar-refractivity contribution < 1.29 is 9.90 Å². The quantitative estimate of drug-likeness (QED) is 0.407. The summed E-state index contributed by atoms with van der Waals surface area (Å²) in [5.41, 5.74) is 0. The first-order valence-corrected chi connectivity index (χ1v) is 6.64. The fraction of sp³-hybridized carbons (Fsp3) is 0.786. The molecule has 0 aliphatic carbocycles. The van der Waals surface area contributed by atoms with Crippen LogP contribution in [0.1, 0.15) is 71.1 Å². The van der Waals surface area contributed by atoms with Crippen LogP contribution in [0.5, 0.6) is 0 Å². The second-order valence-electron chi connectivity index (χ2n) is 4.31. The number of rotatable bonds is 11. The molecule has 0 atom stereocenters. The van der Waals surface area contributed by atoms with E-state index in [1.54, 1.807) is 0 Å². The van der Waals surface area contributed by atoms with Gasteiger partial charge in [-0.3, -0.25) is 4.79 Å². The maximum Gasteiger partial charge on any atom is 0.303 e. The number of allylic oxidation sites excluding steroid dienone is 2. The van der Waals surface area contributed by atoms with E-state index in [0.717, 1.165) is 6.42 Å². The lowest BCUT2D eigenvalue weighted by Crippen LogP contribution is -1.91. The number of hydrogen-bond acceptors (Lipinski definition) is 2. The third kappa shape index (κ3) is 17.8. The van der Waals surface area contributed by atoms with Crippen LogP contribution >= 0.6 is 0 Å². The Hall–Kier alpha value is -0.830. The predicted molar refractivity (Wildman–Crippen MR) is 73.6 cm³/mol. The third-order valence-electron chi connectivity index (χ3n) is 2.67. The Bertz CT molecular complexity index is 191. The molecule has 0 saturated carbocycles. The van der Waals surface area contributed by atoms with Crippen molar-refractivity contribution in [3.8, 4) is 0 Å². The minimum absolute atomic E-state index is 0. The number of aliphatic carboxylic acids is 1. The first kappa shape index (κ1) is 18.5. The van der Waals surface area contributed by atoms with E-state index in [1.165, 1.54) is 44.9 Å². The highest BCUT2D eigenvalue weighted by molar-refractivity contribution is 5.66. The fourth-order valence-corrected chi connectivity index (χ4v) is 1.66. The van der Waals surface area contributed by atoms with Crippen molar-refractivity contribution in [3.05, 3.63) is 12.2 Å². The molecule has 0 aromatic heterocycles. The van der Waals surface area contributed by atoms with Crippen molar-refractivity contribution in [2.75, 3.05) is 0 Å². The molecule has 0 radical (unpaired) electrons. The highest BCUT2D eigenvalue weighted by Crippen LogP contribution is 2.08. The molecule has 3 nitrogen and oxygen atoms in total.